The molecule has 21 heavy (non-hydrogen) atoms. The van der Waals surface area contributed by atoms with Crippen LogP contribution in [0.3, 0.4) is 0 Å². The van der Waals surface area contributed by atoms with Crippen molar-refractivity contribution in [2.24, 2.45) is 11.8 Å². The van der Waals surface area contributed by atoms with Crippen molar-refractivity contribution in [1.29, 1.82) is 0 Å². The summed E-state index contributed by atoms with van der Waals surface area (Å²) in [6.07, 6.45) is 1.94. The Morgan fingerprint density at radius 1 is 1.24 bits per heavy atom. The van der Waals surface area contributed by atoms with Crippen LogP contribution in [-0.4, -0.2) is 12.1 Å². The van der Waals surface area contributed by atoms with Gasteiger partial charge in [0.2, 0.25) is 0 Å². The lowest BCUT2D eigenvalue weighted by molar-refractivity contribution is 0.0880. The summed E-state index contributed by atoms with van der Waals surface area (Å²) < 4.78 is 27.4. The number of hydrogen-bond acceptors (Lipinski definition) is 1. The standard InChI is InChI=1S/C18H27F2N/c1-12(2)13-9-18(10-13,11-21-17(3,4)5)15-7-6-14(19)8-16(15)20/h6-8,12-13,21H,9-11H2,1-5H3. The van der Waals surface area contributed by atoms with Crippen molar-refractivity contribution in [2.45, 2.75) is 58.4 Å². The van der Waals surface area contributed by atoms with Gasteiger partial charge in [-0.15, -0.1) is 0 Å². The van der Waals surface area contributed by atoms with Crippen molar-refractivity contribution in [2.75, 3.05) is 6.54 Å². The molecule has 0 amide bonds. The first kappa shape index (κ1) is 16.4. The maximum atomic E-state index is 14.2. The molecule has 1 aliphatic rings. The topological polar surface area (TPSA) is 12.0 Å². The largest absolute Gasteiger partial charge is 0.311 e. The number of hydrogen-bond donors (Lipinski definition) is 1. The van der Waals surface area contributed by atoms with Crippen LogP contribution in [-0.2, 0) is 5.41 Å². The lowest BCUT2D eigenvalue weighted by atomic mass is 9.55. The average molecular weight is 295 g/mol. The van der Waals surface area contributed by atoms with E-state index in [0.29, 0.717) is 17.4 Å². The fraction of sp³-hybridized carbons (Fsp3) is 0.667. The molecule has 1 aliphatic carbocycles. The van der Waals surface area contributed by atoms with E-state index in [9.17, 15) is 8.78 Å². The summed E-state index contributed by atoms with van der Waals surface area (Å²) in [5.41, 5.74) is 0.462. The Labute approximate surface area is 127 Å². The first-order valence-electron chi connectivity index (χ1n) is 7.83. The van der Waals surface area contributed by atoms with Crippen molar-refractivity contribution in [3.05, 3.63) is 35.4 Å². The van der Waals surface area contributed by atoms with Crippen LogP contribution < -0.4 is 5.32 Å². The Bertz CT molecular complexity index is 496. The molecular formula is C18H27F2N. The summed E-state index contributed by atoms with van der Waals surface area (Å²) in [4.78, 5) is 0. The maximum absolute atomic E-state index is 14.2. The Hall–Kier alpha value is -0.960. The summed E-state index contributed by atoms with van der Waals surface area (Å²) in [6.45, 7) is 11.5. The van der Waals surface area contributed by atoms with Crippen LogP contribution in [0.5, 0.6) is 0 Å². The molecule has 1 aromatic carbocycles. The molecule has 3 heteroatoms. The SMILES string of the molecule is CC(C)C1CC(CNC(C)(C)C)(c2ccc(F)cc2F)C1. The highest BCUT2D eigenvalue weighted by atomic mass is 19.1. The zero-order valence-electron chi connectivity index (χ0n) is 13.8. The molecule has 0 saturated heterocycles. The minimum atomic E-state index is -0.505. The van der Waals surface area contributed by atoms with Gasteiger partial charge in [-0.3, -0.25) is 0 Å². The van der Waals surface area contributed by atoms with Gasteiger partial charge in [0.25, 0.3) is 0 Å². The number of nitrogens with one attached hydrogen (secondary N) is 1. The van der Waals surface area contributed by atoms with Crippen LogP contribution in [0.25, 0.3) is 0 Å². The van der Waals surface area contributed by atoms with E-state index >= 15 is 0 Å². The van der Waals surface area contributed by atoms with Crippen LogP contribution in [0.4, 0.5) is 8.78 Å². The predicted octanol–water partition coefficient (Wildman–Crippen LogP) is 4.66. The van der Waals surface area contributed by atoms with Crippen molar-refractivity contribution in [3.63, 3.8) is 0 Å². The van der Waals surface area contributed by atoms with E-state index in [2.05, 4.69) is 39.9 Å². The third kappa shape index (κ3) is 3.63. The molecule has 1 fully saturated rings. The molecule has 1 nitrogen and oxygen atoms in total. The fourth-order valence-electron chi connectivity index (χ4n) is 3.23. The summed E-state index contributed by atoms with van der Waals surface area (Å²) >= 11 is 0. The lowest BCUT2D eigenvalue weighted by Crippen LogP contribution is -2.53. The van der Waals surface area contributed by atoms with Gasteiger partial charge in [-0.05, 0) is 57.1 Å². The van der Waals surface area contributed by atoms with Gasteiger partial charge in [0.15, 0.2) is 0 Å². The monoisotopic (exact) mass is 295 g/mol. The molecule has 0 spiro atoms. The van der Waals surface area contributed by atoms with E-state index in [1.54, 1.807) is 6.07 Å². The van der Waals surface area contributed by atoms with Crippen molar-refractivity contribution >= 4 is 0 Å². The lowest BCUT2D eigenvalue weighted by Gasteiger charge is -2.51. The normalized spacial score (nSPS) is 26.0. The molecule has 0 aliphatic heterocycles. The number of halogens is 2. The highest BCUT2D eigenvalue weighted by Crippen LogP contribution is 2.51. The van der Waals surface area contributed by atoms with E-state index in [0.717, 1.165) is 25.5 Å². The van der Waals surface area contributed by atoms with Gasteiger partial charge in [0, 0.05) is 23.6 Å². The first-order valence-corrected chi connectivity index (χ1v) is 7.83. The molecule has 2 rings (SSSR count). The van der Waals surface area contributed by atoms with Gasteiger partial charge in [-0.1, -0.05) is 19.9 Å². The second-order valence-electron chi connectivity index (χ2n) is 7.92. The van der Waals surface area contributed by atoms with Gasteiger partial charge in [0.1, 0.15) is 11.6 Å². The van der Waals surface area contributed by atoms with Crippen molar-refractivity contribution in [1.82, 2.24) is 5.32 Å². The van der Waals surface area contributed by atoms with Crippen LogP contribution in [0.15, 0.2) is 18.2 Å². The van der Waals surface area contributed by atoms with Gasteiger partial charge < -0.3 is 5.32 Å². The summed E-state index contributed by atoms with van der Waals surface area (Å²) in [6, 6.07) is 4.02. The molecule has 118 valence electrons. The molecule has 0 heterocycles. The van der Waals surface area contributed by atoms with Gasteiger partial charge in [-0.2, -0.15) is 0 Å². The van der Waals surface area contributed by atoms with E-state index in [4.69, 9.17) is 0 Å². The molecule has 1 saturated carbocycles. The molecule has 0 bridgehead atoms. The molecule has 1 N–H and O–H groups in total. The average Bonchev–Trinajstić information content (AvgIpc) is 2.27. The minimum Gasteiger partial charge on any atom is -0.311 e. The molecule has 1 aromatic rings. The molecule has 0 aromatic heterocycles. The number of benzene rings is 1. The van der Waals surface area contributed by atoms with E-state index in [-0.39, 0.29) is 11.0 Å². The van der Waals surface area contributed by atoms with E-state index in [1.165, 1.54) is 6.07 Å². The van der Waals surface area contributed by atoms with Gasteiger partial charge >= 0.3 is 0 Å². The first-order chi connectivity index (χ1) is 9.63. The molecule has 0 unspecified atom stereocenters. The van der Waals surface area contributed by atoms with Crippen LogP contribution in [0.2, 0.25) is 0 Å². The Balaban J connectivity index is 2.25. The van der Waals surface area contributed by atoms with E-state index < -0.39 is 11.6 Å². The minimum absolute atomic E-state index is 0.00752. The smallest absolute Gasteiger partial charge is 0.129 e. The molecule has 0 atom stereocenters. The van der Waals surface area contributed by atoms with Crippen LogP contribution >= 0.6 is 0 Å². The van der Waals surface area contributed by atoms with Gasteiger partial charge in [-0.25, -0.2) is 8.78 Å². The Morgan fingerprint density at radius 3 is 2.33 bits per heavy atom. The quantitative estimate of drug-likeness (QED) is 0.852. The highest BCUT2D eigenvalue weighted by Gasteiger charge is 2.47. The summed E-state index contributed by atoms with van der Waals surface area (Å²) in [7, 11) is 0. The Kier molecular flexibility index (Phi) is 4.44. The third-order valence-electron chi connectivity index (χ3n) is 4.71. The summed E-state index contributed by atoms with van der Waals surface area (Å²) in [5, 5.41) is 3.50. The maximum Gasteiger partial charge on any atom is 0.129 e. The molecular weight excluding hydrogens is 268 g/mol. The van der Waals surface area contributed by atoms with E-state index in [1.807, 2.05) is 0 Å². The molecule has 0 radical (unpaired) electrons. The van der Waals surface area contributed by atoms with Crippen LogP contribution in [0.1, 0.15) is 53.0 Å². The second kappa shape index (κ2) is 5.68. The number of rotatable bonds is 4. The third-order valence-corrected chi connectivity index (χ3v) is 4.71. The fourth-order valence-corrected chi connectivity index (χ4v) is 3.23. The van der Waals surface area contributed by atoms with Crippen molar-refractivity contribution in [3.8, 4) is 0 Å². The van der Waals surface area contributed by atoms with Crippen LogP contribution in [0, 0.1) is 23.5 Å². The zero-order chi connectivity index (χ0) is 15.8. The zero-order valence-corrected chi connectivity index (χ0v) is 13.8. The second-order valence-corrected chi connectivity index (χ2v) is 7.92. The Morgan fingerprint density at radius 2 is 1.86 bits per heavy atom. The predicted molar refractivity (Wildman–Crippen MR) is 83.4 cm³/mol. The van der Waals surface area contributed by atoms with Crippen molar-refractivity contribution < 1.29 is 8.78 Å². The highest BCUT2D eigenvalue weighted by molar-refractivity contribution is 5.32. The van der Waals surface area contributed by atoms with Gasteiger partial charge in [0.05, 0.1) is 0 Å². The summed E-state index contributed by atoms with van der Waals surface area (Å²) in [5.74, 6) is 0.315.